The Labute approximate surface area is 134 Å². The predicted molar refractivity (Wildman–Crippen MR) is 84.6 cm³/mol. The molecule has 0 radical (unpaired) electrons. The number of carbonyl (C=O) groups excluding carboxylic acids is 2. The van der Waals surface area contributed by atoms with Crippen molar-refractivity contribution in [3.8, 4) is 0 Å². The smallest absolute Gasteiger partial charge is 0.279 e. The van der Waals surface area contributed by atoms with Crippen LogP contribution in [-0.4, -0.2) is 37.5 Å². The third-order valence-corrected chi connectivity index (χ3v) is 2.88. The Bertz CT molecular complexity index is 558. The summed E-state index contributed by atoms with van der Waals surface area (Å²) >= 11 is 5.76. The molecule has 122 valence electrons. The molecule has 5 nitrogen and oxygen atoms in total. The van der Waals surface area contributed by atoms with Crippen molar-refractivity contribution in [2.75, 3.05) is 25.5 Å². The molecule has 7 heteroatoms. The monoisotopic (exact) mass is 330 g/mol. The summed E-state index contributed by atoms with van der Waals surface area (Å²) < 4.78 is 13.5. The average Bonchev–Trinajstić information content (AvgIpc) is 2.30. The average molecular weight is 331 g/mol. The molecule has 3 N–H and O–H groups in total. The molecule has 1 aromatic carbocycles. The number of anilines is 1. The Morgan fingerprint density at radius 1 is 1.23 bits per heavy atom. The van der Waals surface area contributed by atoms with Crippen molar-refractivity contribution in [1.29, 1.82) is 0 Å². The molecule has 0 aliphatic heterocycles. The Morgan fingerprint density at radius 3 is 2.41 bits per heavy atom. The molecule has 0 fully saturated rings. The van der Waals surface area contributed by atoms with Crippen molar-refractivity contribution in [3.63, 3.8) is 0 Å². The van der Waals surface area contributed by atoms with E-state index in [1.54, 1.807) is 7.05 Å². The fourth-order valence-electron chi connectivity index (χ4n) is 1.86. The molecule has 0 bridgehead atoms. The molecular weight excluding hydrogens is 309 g/mol. The van der Waals surface area contributed by atoms with Crippen LogP contribution < -0.4 is 15.5 Å². The second-order valence-corrected chi connectivity index (χ2v) is 6.72. The number of carbonyl (C=O) groups is 2. The van der Waals surface area contributed by atoms with Gasteiger partial charge in [0, 0.05) is 10.6 Å². The molecule has 0 aliphatic carbocycles. The topological polar surface area (TPSA) is 62.6 Å². The molecule has 22 heavy (non-hydrogen) atoms. The minimum atomic E-state index is -0.555. The fourth-order valence-corrected chi connectivity index (χ4v) is 2.03. The summed E-state index contributed by atoms with van der Waals surface area (Å²) in [6.45, 7) is 5.85. The van der Waals surface area contributed by atoms with Gasteiger partial charge in [-0.05, 0) is 39.0 Å². The van der Waals surface area contributed by atoms with Gasteiger partial charge in [-0.2, -0.15) is 0 Å². The molecular formula is C15H22ClFN3O2+. The second-order valence-electron chi connectivity index (χ2n) is 6.28. The van der Waals surface area contributed by atoms with Gasteiger partial charge in [0.25, 0.3) is 11.8 Å². The number of quaternary nitrogens is 1. The molecule has 0 heterocycles. The number of halogens is 2. The van der Waals surface area contributed by atoms with E-state index < -0.39 is 5.82 Å². The Balaban J connectivity index is 2.51. The maximum Gasteiger partial charge on any atom is 0.279 e. The highest BCUT2D eigenvalue weighted by molar-refractivity contribution is 6.30. The maximum atomic E-state index is 13.5. The summed E-state index contributed by atoms with van der Waals surface area (Å²) in [7, 11) is 1.72. The van der Waals surface area contributed by atoms with Crippen molar-refractivity contribution in [2.24, 2.45) is 0 Å². The van der Waals surface area contributed by atoms with Crippen LogP contribution in [0.4, 0.5) is 10.1 Å². The van der Waals surface area contributed by atoms with Gasteiger partial charge < -0.3 is 15.5 Å². The first-order valence-electron chi connectivity index (χ1n) is 6.94. The second kappa shape index (κ2) is 7.56. The van der Waals surface area contributed by atoms with Crippen LogP contribution in [0.25, 0.3) is 0 Å². The number of nitrogens with one attached hydrogen (secondary N) is 3. The molecule has 0 aromatic heterocycles. The lowest BCUT2D eigenvalue weighted by Gasteiger charge is -2.21. The van der Waals surface area contributed by atoms with Crippen LogP contribution >= 0.6 is 11.6 Å². The van der Waals surface area contributed by atoms with Gasteiger partial charge in [-0.3, -0.25) is 9.59 Å². The van der Waals surface area contributed by atoms with E-state index in [-0.39, 0.29) is 36.1 Å². The molecule has 1 rings (SSSR count). The SMILES string of the molecule is C[NH+](CC(=O)Nc1cc(Cl)ccc1F)CC(=O)NC(C)(C)C. The van der Waals surface area contributed by atoms with Crippen molar-refractivity contribution < 1.29 is 18.9 Å². The quantitative estimate of drug-likeness (QED) is 0.749. The summed E-state index contributed by atoms with van der Waals surface area (Å²) in [5.41, 5.74) is -0.284. The maximum absolute atomic E-state index is 13.5. The lowest BCUT2D eigenvalue weighted by atomic mass is 10.1. The minimum Gasteiger partial charge on any atom is -0.347 e. The zero-order chi connectivity index (χ0) is 16.9. The molecule has 0 saturated heterocycles. The fraction of sp³-hybridized carbons (Fsp3) is 0.467. The van der Waals surface area contributed by atoms with E-state index in [0.29, 0.717) is 9.92 Å². The van der Waals surface area contributed by atoms with Crippen molar-refractivity contribution in [3.05, 3.63) is 29.0 Å². The number of hydrogen-bond acceptors (Lipinski definition) is 2. The number of rotatable bonds is 5. The van der Waals surface area contributed by atoms with E-state index in [9.17, 15) is 14.0 Å². The van der Waals surface area contributed by atoms with Crippen molar-refractivity contribution >= 4 is 29.1 Å². The first kappa shape index (κ1) is 18.4. The standard InChI is InChI=1S/C15H21ClFN3O2/c1-15(2,3)19-14(22)9-20(4)8-13(21)18-12-7-10(16)5-6-11(12)17/h5-7H,8-9H2,1-4H3,(H,18,21)(H,19,22)/p+1. The highest BCUT2D eigenvalue weighted by atomic mass is 35.5. The number of amides is 2. The van der Waals surface area contributed by atoms with E-state index in [0.717, 1.165) is 0 Å². The summed E-state index contributed by atoms with van der Waals surface area (Å²) in [5, 5.41) is 5.61. The first-order valence-corrected chi connectivity index (χ1v) is 7.32. The van der Waals surface area contributed by atoms with E-state index >= 15 is 0 Å². The van der Waals surface area contributed by atoms with Gasteiger partial charge in [0.15, 0.2) is 13.1 Å². The highest BCUT2D eigenvalue weighted by Gasteiger charge is 2.19. The van der Waals surface area contributed by atoms with Gasteiger partial charge in [-0.15, -0.1) is 0 Å². The summed E-state index contributed by atoms with van der Waals surface area (Å²) in [4.78, 5) is 24.3. The van der Waals surface area contributed by atoms with Crippen LogP contribution in [0.15, 0.2) is 18.2 Å². The first-order chi connectivity index (χ1) is 10.1. The van der Waals surface area contributed by atoms with Crippen LogP contribution in [0.3, 0.4) is 0 Å². The van der Waals surface area contributed by atoms with Crippen LogP contribution in [0, 0.1) is 5.82 Å². The summed E-state index contributed by atoms with van der Waals surface area (Å²) in [6.07, 6.45) is 0. The number of likely N-dealkylation sites (N-methyl/N-ethyl adjacent to an activating group) is 1. The third kappa shape index (κ3) is 6.87. The van der Waals surface area contributed by atoms with Crippen molar-refractivity contribution in [2.45, 2.75) is 26.3 Å². The molecule has 0 saturated carbocycles. The Hall–Kier alpha value is -1.66. The van der Waals surface area contributed by atoms with Crippen LogP contribution in [0.5, 0.6) is 0 Å². The Morgan fingerprint density at radius 2 is 1.82 bits per heavy atom. The molecule has 0 spiro atoms. The molecule has 1 atom stereocenters. The zero-order valence-electron chi connectivity index (χ0n) is 13.2. The summed E-state index contributed by atoms with van der Waals surface area (Å²) in [6, 6.07) is 3.93. The minimum absolute atomic E-state index is 0.0319. The van der Waals surface area contributed by atoms with Crippen LogP contribution in [0.2, 0.25) is 5.02 Å². The van der Waals surface area contributed by atoms with Gasteiger partial charge in [-0.25, -0.2) is 4.39 Å². The van der Waals surface area contributed by atoms with E-state index in [2.05, 4.69) is 10.6 Å². The molecule has 2 amide bonds. The van der Waals surface area contributed by atoms with E-state index in [4.69, 9.17) is 11.6 Å². The van der Waals surface area contributed by atoms with Crippen molar-refractivity contribution in [1.82, 2.24) is 5.32 Å². The predicted octanol–water partition coefficient (Wildman–Crippen LogP) is 0.847. The largest absolute Gasteiger partial charge is 0.347 e. The highest BCUT2D eigenvalue weighted by Crippen LogP contribution is 2.19. The normalized spacial score (nSPS) is 12.6. The number of hydrogen-bond donors (Lipinski definition) is 3. The van der Waals surface area contributed by atoms with Gasteiger partial charge in [0.1, 0.15) is 5.82 Å². The van der Waals surface area contributed by atoms with Gasteiger partial charge in [0.05, 0.1) is 12.7 Å². The summed E-state index contributed by atoms with van der Waals surface area (Å²) in [5.74, 6) is -1.09. The zero-order valence-corrected chi connectivity index (χ0v) is 14.0. The lowest BCUT2D eigenvalue weighted by Crippen LogP contribution is -3.11. The van der Waals surface area contributed by atoms with Gasteiger partial charge in [0.2, 0.25) is 0 Å². The molecule has 1 aromatic rings. The molecule has 1 unspecified atom stereocenters. The van der Waals surface area contributed by atoms with Crippen LogP contribution in [-0.2, 0) is 9.59 Å². The molecule has 0 aliphatic rings. The lowest BCUT2D eigenvalue weighted by molar-refractivity contribution is -0.862. The van der Waals surface area contributed by atoms with Gasteiger partial charge >= 0.3 is 0 Å². The van der Waals surface area contributed by atoms with E-state index in [1.807, 2.05) is 20.8 Å². The Kier molecular flexibility index (Phi) is 6.32. The van der Waals surface area contributed by atoms with E-state index in [1.165, 1.54) is 18.2 Å². The third-order valence-electron chi connectivity index (χ3n) is 2.64. The number of benzene rings is 1. The van der Waals surface area contributed by atoms with Crippen LogP contribution in [0.1, 0.15) is 20.8 Å². The van der Waals surface area contributed by atoms with Gasteiger partial charge in [-0.1, -0.05) is 11.6 Å².